The molecule has 0 saturated carbocycles. The predicted molar refractivity (Wildman–Crippen MR) is 114 cm³/mol. The lowest BCUT2D eigenvalue weighted by Gasteiger charge is -2.24. The summed E-state index contributed by atoms with van der Waals surface area (Å²) >= 11 is 0. The Kier molecular flexibility index (Phi) is 5.31. The summed E-state index contributed by atoms with van der Waals surface area (Å²) in [5, 5.41) is 19.5. The second-order valence-electron chi connectivity index (χ2n) is 6.73. The van der Waals surface area contributed by atoms with Crippen molar-refractivity contribution in [3.8, 4) is 11.5 Å². The van der Waals surface area contributed by atoms with Crippen LogP contribution in [0.4, 0.5) is 11.5 Å². The fraction of sp³-hybridized carbons (Fsp3) is 0.136. The molecule has 0 saturated heterocycles. The molecule has 9 heteroatoms. The molecule has 1 atom stereocenters. The Hall–Kier alpha value is -4.27. The molecule has 3 aromatic rings. The molecule has 31 heavy (non-hydrogen) atoms. The zero-order valence-corrected chi connectivity index (χ0v) is 16.8. The number of hydrogen-bond donors (Lipinski definition) is 3. The molecule has 0 aliphatic carbocycles. The largest absolute Gasteiger partial charge is 0.497 e. The van der Waals surface area contributed by atoms with Crippen LogP contribution in [-0.2, 0) is 4.79 Å². The van der Waals surface area contributed by atoms with Crippen molar-refractivity contribution in [2.45, 2.75) is 6.04 Å². The van der Waals surface area contributed by atoms with Gasteiger partial charge in [-0.2, -0.15) is 5.10 Å². The first-order chi connectivity index (χ1) is 15.0. The second kappa shape index (κ2) is 8.23. The lowest BCUT2D eigenvalue weighted by Crippen LogP contribution is -2.25. The number of aliphatic carboxylic acids is 1. The highest BCUT2D eigenvalue weighted by atomic mass is 16.5. The van der Waals surface area contributed by atoms with Crippen LogP contribution in [0.2, 0.25) is 0 Å². The van der Waals surface area contributed by atoms with E-state index in [2.05, 4.69) is 15.7 Å². The number of amides is 1. The van der Waals surface area contributed by atoms with E-state index in [-0.39, 0.29) is 17.1 Å². The van der Waals surface area contributed by atoms with Crippen molar-refractivity contribution in [1.82, 2.24) is 9.78 Å². The predicted octanol–water partition coefficient (Wildman–Crippen LogP) is 3.14. The number of carboxylic acids is 1. The van der Waals surface area contributed by atoms with Crippen LogP contribution >= 0.6 is 0 Å². The van der Waals surface area contributed by atoms with Gasteiger partial charge in [0.15, 0.2) is 0 Å². The van der Waals surface area contributed by atoms with E-state index >= 15 is 0 Å². The lowest BCUT2D eigenvalue weighted by molar-refractivity contribution is -0.132. The van der Waals surface area contributed by atoms with Crippen LogP contribution in [0.15, 0.2) is 66.5 Å². The molecule has 0 radical (unpaired) electrons. The number of benzene rings is 2. The molecule has 0 fully saturated rings. The molecule has 4 rings (SSSR count). The van der Waals surface area contributed by atoms with Gasteiger partial charge in [0.1, 0.15) is 28.6 Å². The third kappa shape index (κ3) is 3.80. The summed E-state index contributed by atoms with van der Waals surface area (Å²) in [7, 11) is 3.08. The van der Waals surface area contributed by atoms with Crippen LogP contribution in [0, 0.1) is 0 Å². The Balaban J connectivity index is 1.71. The van der Waals surface area contributed by atoms with Crippen molar-refractivity contribution >= 4 is 23.4 Å². The molecule has 0 bridgehead atoms. The van der Waals surface area contributed by atoms with Crippen LogP contribution in [-0.4, -0.2) is 41.0 Å². The molecule has 3 N–H and O–H groups in total. The van der Waals surface area contributed by atoms with Crippen LogP contribution in [0.5, 0.6) is 11.5 Å². The lowest BCUT2D eigenvalue weighted by atomic mass is 10.0. The van der Waals surface area contributed by atoms with E-state index in [0.29, 0.717) is 17.2 Å². The SMILES string of the molecule is COc1ccc(C2C=C(C(=O)O)Nc3c(C(=O)Nc4ccccc4OC)cnn32)cc1. The number of rotatable bonds is 6. The van der Waals surface area contributed by atoms with Crippen LogP contribution in [0.3, 0.4) is 0 Å². The first-order valence-electron chi connectivity index (χ1n) is 9.39. The highest BCUT2D eigenvalue weighted by Crippen LogP contribution is 2.33. The van der Waals surface area contributed by atoms with Gasteiger partial charge in [0.05, 0.1) is 32.1 Å². The van der Waals surface area contributed by atoms with Gasteiger partial charge in [-0.25, -0.2) is 9.48 Å². The molecule has 0 spiro atoms. The average molecular weight is 420 g/mol. The first kappa shape index (κ1) is 20.0. The molecular weight excluding hydrogens is 400 g/mol. The molecule has 1 aliphatic heterocycles. The second-order valence-corrected chi connectivity index (χ2v) is 6.73. The zero-order chi connectivity index (χ0) is 22.0. The van der Waals surface area contributed by atoms with Gasteiger partial charge in [-0.3, -0.25) is 4.79 Å². The van der Waals surface area contributed by atoms with Gasteiger partial charge in [-0.15, -0.1) is 0 Å². The fourth-order valence-corrected chi connectivity index (χ4v) is 3.36. The number of carbonyl (C=O) groups excluding carboxylic acids is 1. The number of fused-ring (bicyclic) bond motifs is 1. The number of aromatic nitrogens is 2. The molecule has 1 amide bonds. The summed E-state index contributed by atoms with van der Waals surface area (Å²) in [5.74, 6) is -0.113. The van der Waals surface area contributed by atoms with Crippen molar-refractivity contribution in [2.24, 2.45) is 0 Å². The van der Waals surface area contributed by atoms with Crippen LogP contribution in [0.25, 0.3) is 0 Å². The summed E-state index contributed by atoms with van der Waals surface area (Å²) in [6.07, 6.45) is 2.95. The minimum Gasteiger partial charge on any atom is -0.497 e. The highest BCUT2D eigenvalue weighted by Gasteiger charge is 2.29. The number of hydrogen-bond acceptors (Lipinski definition) is 6. The van der Waals surface area contributed by atoms with E-state index in [4.69, 9.17) is 9.47 Å². The Bertz CT molecular complexity index is 1170. The maximum atomic E-state index is 13.0. The van der Waals surface area contributed by atoms with Crippen LogP contribution < -0.4 is 20.1 Å². The maximum absolute atomic E-state index is 13.0. The van der Waals surface area contributed by atoms with E-state index in [1.807, 2.05) is 12.1 Å². The van der Waals surface area contributed by atoms with Crippen molar-refractivity contribution in [2.75, 3.05) is 24.9 Å². The van der Waals surface area contributed by atoms with Gasteiger partial charge in [-0.05, 0) is 35.9 Å². The van der Waals surface area contributed by atoms with E-state index < -0.39 is 17.9 Å². The Morgan fingerprint density at radius 3 is 2.52 bits per heavy atom. The number of ether oxygens (including phenoxy) is 2. The van der Waals surface area contributed by atoms with Gasteiger partial charge in [0.25, 0.3) is 5.91 Å². The minimum absolute atomic E-state index is 0.0415. The summed E-state index contributed by atoms with van der Waals surface area (Å²) < 4.78 is 12.0. The number of nitrogens with zero attached hydrogens (tertiary/aromatic N) is 2. The highest BCUT2D eigenvalue weighted by molar-refractivity contribution is 6.09. The number of para-hydroxylation sites is 2. The van der Waals surface area contributed by atoms with Gasteiger partial charge in [-0.1, -0.05) is 24.3 Å². The van der Waals surface area contributed by atoms with Crippen molar-refractivity contribution < 1.29 is 24.2 Å². The quantitative estimate of drug-likeness (QED) is 0.561. The summed E-state index contributed by atoms with van der Waals surface area (Å²) in [5.41, 5.74) is 1.45. The topological polar surface area (TPSA) is 115 Å². The standard InChI is InChI=1S/C22H20N4O5/c1-30-14-9-7-13(8-10-14)18-11-17(22(28)29)24-20-15(12-23-26(18)20)21(27)25-16-5-3-4-6-19(16)31-2/h3-12,18,24H,1-2H3,(H,25,27)(H,28,29). The molecule has 2 heterocycles. The third-order valence-corrected chi connectivity index (χ3v) is 4.92. The van der Waals surface area contributed by atoms with E-state index in [0.717, 1.165) is 5.56 Å². The van der Waals surface area contributed by atoms with Crippen LogP contribution in [0.1, 0.15) is 22.0 Å². The van der Waals surface area contributed by atoms with Crippen molar-refractivity contribution in [3.05, 3.63) is 77.6 Å². The summed E-state index contributed by atoms with van der Waals surface area (Å²) in [6.45, 7) is 0. The Morgan fingerprint density at radius 1 is 1.10 bits per heavy atom. The number of carboxylic acid groups (broad SMARTS) is 1. The molecule has 1 aromatic heterocycles. The number of anilines is 2. The Labute approximate surface area is 177 Å². The third-order valence-electron chi connectivity index (χ3n) is 4.92. The molecular formula is C22H20N4O5. The molecule has 2 aromatic carbocycles. The van der Waals surface area contributed by atoms with Gasteiger partial charge < -0.3 is 25.2 Å². The first-order valence-corrected chi connectivity index (χ1v) is 9.39. The number of nitrogens with one attached hydrogen (secondary N) is 2. The van der Waals surface area contributed by atoms with Gasteiger partial charge in [0, 0.05) is 0 Å². The number of allylic oxidation sites excluding steroid dienone is 1. The fourth-order valence-electron chi connectivity index (χ4n) is 3.36. The number of methoxy groups -OCH3 is 2. The summed E-state index contributed by atoms with van der Waals surface area (Å²) in [6, 6.07) is 13.7. The smallest absolute Gasteiger partial charge is 0.352 e. The minimum atomic E-state index is -1.14. The average Bonchev–Trinajstić information content (AvgIpc) is 3.23. The van der Waals surface area contributed by atoms with E-state index in [1.54, 1.807) is 54.3 Å². The van der Waals surface area contributed by atoms with Crippen molar-refractivity contribution in [3.63, 3.8) is 0 Å². The zero-order valence-electron chi connectivity index (χ0n) is 16.8. The Morgan fingerprint density at radius 2 is 1.84 bits per heavy atom. The summed E-state index contributed by atoms with van der Waals surface area (Å²) in [4.78, 5) is 24.7. The molecule has 158 valence electrons. The number of carbonyl (C=O) groups is 2. The van der Waals surface area contributed by atoms with E-state index in [9.17, 15) is 14.7 Å². The molecule has 1 aliphatic rings. The normalized spacial score (nSPS) is 14.6. The van der Waals surface area contributed by atoms with E-state index in [1.165, 1.54) is 13.3 Å². The molecule has 1 unspecified atom stereocenters. The van der Waals surface area contributed by atoms with Crippen molar-refractivity contribution in [1.29, 1.82) is 0 Å². The maximum Gasteiger partial charge on any atom is 0.352 e. The van der Waals surface area contributed by atoms with Gasteiger partial charge >= 0.3 is 5.97 Å². The monoisotopic (exact) mass is 420 g/mol. The van der Waals surface area contributed by atoms with Gasteiger partial charge in [0.2, 0.25) is 0 Å². The molecule has 9 nitrogen and oxygen atoms in total.